The molecular formula is C11H20BrNO2. The maximum absolute atomic E-state index is 11.2. The summed E-state index contributed by atoms with van der Waals surface area (Å²) in [7, 11) is 0. The van der Waals surface area contributed by atoms with Crippen LogP contribution in [0.15, 0.2) is 0 Å². The average Bonchev–Trinajstić information content (AvgIpc) is 2.15. The van der Waals surface area contributed by atoms with Gasteiger partial charge in [0.25, 0.3) is 0 Å². The van der Waals surface area contributed by atoms with Crippen molar-refractivity contribution in [3.8, 4) is 0 Å². The molecule has 0 aromatic carbocycles. The Hall–Kier alpha value is -0.250. The molecule has 0 saturated carbocycles. The van der Waals surface area contributed by atoms with Gasteiger partial charge in [-0.25, -0.2) is 4.79 Å². The third-order valence-electron chi connectivity index (χ3n) is 3.09. The summed E-state index contributed by atoms with van der Waals surface area (Å²) < 4.78 is 0. The van der Waals surface area contributed by atoms with Crippen molar-refractivity contribution in [2.24, 2.45) is 11.3 Å². The van der Waals surface area contributed by atoms with Crippen molar-refractivity contribution in [3.63, 3.8) is 0 Å². The summed E-state index contributed by atoms with van der Waals surface area (Å²) in [6, 6.07) is 0.128. The molecule has 0 spiro atoms. The number of alkyl halides is 1. The Bertz CT molecular complexity index is 237. The summed E-state index contributed by atoms with van der Waals surface area (Å²) in [5, 5.41) is 10.1. The van der Waals surface area contributed by atoms with Gasteiger partial charge in [-0.1, -0.05) is 36.7 Å². The number of piperidine rings is 1. The number of hydrogen-bond donors (Lipinski definition) is 1. The van der Waals surface area contributed by atoms with Gasteiger partial charge in [-0.05, 0) is 24.2 Å². The molecule has 3 nitrogen and oxygen atoms in total. The topological polar surface area (TPSA) is 40.5 Å². The molecule has 0 radical (unpaired) electrons. The minimum Gasteiger partial charge on any atom is -0.465 e. The Morgan fingerprint density at radius 2 is 2.13 bits per heavy atom. The molecule has 4 heteroatoms. The maximum atomic E-state index is 11.2. The third kappa shape index (κ3) is 2.86. The Kier molecular flexibility index (Phi) is 4.04. The van der Waals surface area contributed by atoms with E-state index in [9.17, 15) is 9.90 Å². The van der Waals surface area contributed by atoms with E-state index in [-0.39, 0.29) is 11.5 Å². The fourth-order valence-corrected chi connectivity index (χ4v) is 3.30. The second-order valence-electron chi connectivity index (χ2n) is 5.34. The Morgan fingerprint density at radius 3 is 2.53 bits per heavy atom. The number of hydrogen-bond acceptors (Lipinski definition) is 1. The van der Waals surface area contributed by atoms with Crippen LogP contribution < -0.4 is 0 Å². The lowest BCUT2D eigenvalue weighted by Gasteiger charge is -2.46. The largest absolute Gasteiger partial charge is 0.465 e. The average molecular weight is 278 g/mol. The van der Waals surface area contributed by atoms with Gasteiger partial charge in [-0.3, -0.25) is 0 Å². The van der Waals surface area contributed by atoms with E-state index in [2.05, 4.69) is 36.7 Å². The second kappa shape index (κ2) is 4.73. The first-order valence-electron chi connectivity index (χ1n) is 5.43. The van der Waals surface area contributed by atoms with E-state index in [1.54, 1.807) is 4.90 Å². The number of nitrogens with zero attached hydrogens (tertiary/aromatic N) is 1. The van der Waals surface area contributed by atoms with E-state index in [1.165, 1.54) is 0 Å². The Morgan fingerprint density at radius 1 is 1.53 bits per heavy atom. The Labute approximate surface area is 100.0 Å². The van der Waals surface area contributed by atoms with Crippen molar-refractivity contribution in [3.05, 3.63) is 0 Å². The van der Waals surface area contributed by atoms with Gasteiger partial charge in [0.2, 0.25) is 0 Å². The van der Waals surface area contributed by atoms with Gasteiger partial charge < -0.3 is 10.0 Å². The predicted molar refractivity (Wildman–Crippen MR) is 64.5 cm³/mol. The van der Waals surface area contributed by atoms with Crippen LogP contribution >= 0.6 is 15.9 Å². The molecule has 1 heterocycles. The highest BCUT2D eigenvalue weighted by Crippen LogP contribution is 2.36. The monoisotopic (exact) mass is 277 g/mol. The lowest BCUT2D eigenvalue weighted by Crippen LogP contribution is -2.54. The van der Waals surface area contributed by atoms with Crippen LogP contribution in [0.3, 0.4) is 0 Å². The minimum absolute atomic E-state index is 0.0112. The fourth-order valence-electron chi connectivity index (χ4n) is 2.63. The molecule has 0 aromatic heterocycles. The molecule has 0 aliphatic carbocycles. The zero-order chi connectivity index (χ0) is 11.6. The molecule has 1 saturated heterocycles. The van der Waals surface area contributed by atoms with Gasteiger partial charge in [0.05, 0.1) is 0 Å². The number of likely N-dealkylation sites (tertiary alicyclic amines) is 1. The van der Waals surface area contributed by atoms with E-state index in [1.807, 2.05) is 0 Å². The van der Waals surface area contributed by atoms with Gasteiger partial charge in [-0.15, -0.1) is 0 Å². The number of halogens is 1. The van der Waals surface area contributed by atoms with Crippen molar-refractivity contribution in [2.75, 3.05) is 11.9 Å². The standard InChI is InChI=1S/C11H20BrNO2/c1-11(2,3)9-8(7-12)5-4-6-13(9)10(14)15/h8-9H,4-7H2,1-3H3,(H,14,15). The molecule has 0 bridgehead atoms. The van der Waals surface area contributed by atoms with Crippen LogP contribution in [0.5, 0.6) is 0 Å². The van der Waals surface area contributed by atoms with E-state index in [0.29, 0.717) is 12.5 Å². The molecule has 2 atom stereocenters. The van der Waals surface area contributed by atoms with Gasteiger partial charge in [-0.2, -0.15) is 0 Å². The van der Waals surface area contributed by atoms with Crippen molar-refractivity contribution in [1.82, 2.24) is 4.90 Å². The minimum atomic E-state index is -0.777. The van der Waals surface area contributed by atoms with Crippen LogP contribution in [-0.4, -0.2) is 34.0 Å². The first kappa shape index (κ1) is 12.8. The van der Waals surface area contributed by atoms with Crippen LogP contribution in [0.4, 0.5) is 4.79 Å². The molecule has 0 aromatic rings. The number of carboxylic acid groups (broad SMARTS) is 1. The zero-order valence-corrected chi connectivity index (χ0v) is 11.2. The van der Waals surface area contributed by atoms with E-state index >= 15 is 0 Å². The molecule has 1 rings (SSSR count). The van der Waals surface area contributed by atoms with E-state index in [4.69, 9.17) is 0 Å². The predicted octanol–water partition coefficient (Wildman–Crippen LogP) is 3.19. The highest BCUT2D eigenvalue weighted by atomic mass is 79.9. The fraction of sp³-hybridized carbons (Fsp3) is 0.909. The highest BCUT2D eigenvalue weighted by Gasteiger charge is 2.40. The molecule has 1 N–H and O–H groups in total. The van der Waals surface area contributed by atoms with Gasteiger partial charge in [0, 0.05) is 17.9 Å². The summed E-state index contributed by atoms with van der Waals surface area (Å²) in [6.07, 6.45) is 1.33. The maximum Gasteiger partial charge on any atom is 0.407 e. The lowest BCUT2D eigenvalue weighted by atomic mass is 9.75. The summed E-state index contributed by atoms with van der Waals surface area (Å²) >= 11 is 3.50. The first-order chi connectivity index (χ1) is 6.88. The smallest absolute Gasteiger partial charge is 0.407 e. The zero-order valence-electron chi connectivity index (χ0n) is 9.66. The lowest BCUT2D eigenvalue weighted by molar-refractivity contribution is 0.0307. The van der Waals surface area contributed by atoms with Crippen molar-refractivity contribution >= 4 is 22.0 Å². The van der Waals surface area contributed by atoms with Crippen LogP contribution in [0, 0.1) is 11.3 Å². The normalized spacial score (nSPS) is 27.9. The van der Waals surface area contributed by atoms with E-state index in [0.717, 1.165) is 18.2 Å². The molecule has 2 unspecified atom stereocenters. The van der Waals surface area contributed by atoms with Gasteiger partial charge in [0.1, 0.15) is 0 Å². The Balaban J connectivity index is 2.91. The second-order valence-corrected chi connectivity index (χ2v) is 5.99. The van der Waals surface area contributed by atoms with Crippen LogP contribution in [-0.2, 0) is 0 Å². The SMILES string of the molecule is CC(C)(C)C1C(CBr)CCCN1C(=O)O. The summed E-state index contributed by atoms with van der Waals surface area (Å²) in [6.45, 7) is 7.04. The van der Waals surface area contributed by atoms with E-state index < -0.39 is 6.09 Å². The quantitative estimate of drug-likeness (QED) is 0.748. The third-order valence-corrected chi connectivity index (χ3v) is 3.92. The molecular weight excluding hydrogens is 258 g/mol. The highest BCUT2D eigenvalue weighted by molar-refractivity contribution is 9.09. The van der Waals surface area contributed by atoms with Crippen LogP contribution in [0.2, 0.25) is 0 Å². The first-order valence-corrected chi connectivity index (χ1v) is 6.55. The summed E-state index contributed by atoms with van der Waals surface area (Å²) in [5.41, 5.74) is 0.0112. The number of rotatable bonds is 1. The number of amides is 1. The van der Waals surface area contributed by atoms with Crippen molar-refractivity contribution in [1.29, 1.82) is 0 Å². The van der Waals surface area contributed by atoms with Crippen LogP contribution in [0.1, 0.15) is 33.6 Å². The van der Waals surface area contributed by atoms with Gasteiger partial charge >= 0.3 is 6.09 Å². The molecule has 1 aliphatic rings. The summed E-state index contributed by atoms with van der Waals surface area (Å²) in [4.78, 5) is 12.8. The summed E-state index contributed by atoms with van der Waals surface area (Å²) in [5.74, 6) is 0.440. The molecule has 15 heavy (non-hydrogen) atoms. The van der Waals surface area contributed by atoms with Crippen molar-refractivity contribution in [2.45, 2.75) is 39.7 Å². The molecule has 1 amide bonds. The van der Waals surface area contributed by atoms with Gasteiger partial charge in [0.15, 0.2) is 0 Å². The van der Waals surface area contributed by atoms with Crippen LogP contribution in [0.25, 0.3) is 0 Å². The number of carbonyl (C=O) groups is 1. The molecule has 1 aliphatic heterocycles. The molecule has 88 valence electrons. The van der Waals surface area contributed by atoms with Crippen molar-refractivity contribution < 1.29 is 9.90 Å². The molecule has 1 fully saturated rings.